The number of esters is 1. The molecule has 3 unspecified atom stereocenters. The van der Waals surface area contributed by atoms with Gasteiger partial charge in [0.1, 0.15) is 19.3 Å². The summed E-state index contributed by atoms with van der Waals surface area (Å²) in [6.45, 7) is 6.89. The molecule has 9 nitrogen and oxygen atoms in total. The fourth-order valence-electron chi connectivity index (χ4n) is 11.9. The highest BCUT2D eigenvalue weighted by molar-refractivity contribution is 7.45. The van der Waals surface area contributed by atoms with E-state index in [2.05, 4.69) is 50.4 Å². The number of allylic oxidation sites excluding steroid dienone is 5. The Balaban J connectivity index is 4.91. The van der Waals surface area contributed by atoms with Gasteiger partial charge in [-0.05, 0) is 63.9 Å². The van der Waals surface area contributed by atoms with Crippen LogP contribution in [0.3, 0.4) is 0 Å². The lowest BCUT2D eigenvalue weighted by Crippen LogP contribution is -2.47. The van der Waals surface area contributed by atoms with Gasteiger partial charge in [-0.15, -0.1) is 0 Å². The van der Waals surface area contributed by atoms with Crippen molar-refractivity contribution in [3.05, 3.63) is 36.5 Å². The van der Waals surface area contributed by atoms with Crippen LogP contribution in [-0.4, -0.2) is 69.4 Å². The molecule has 0 aliphatic carbocycles. The number of quaternary nitrogens is 1. The van der Waals surface area contributed by atoms with Crippen molar-refractivity contribution < 1.29 is 37.3 Å². The van der Waals surface area contributed by atoms with E-state index in [0.29, 0.717) is 17.4 Å². The van der Waals surface area contributed by atoms with E-state index in [1.807, 2.05) is 33.3 Å². The van der Waals surface area contributed by atoms with Crippen molar-refractivity contribution in [3.63, 3.8) is 0 Å². The Hall–Kier alpha value is -1.77. The largest absolute Gasteiger partial charge is 0.756 e. The third-order valence-electron chi connectivity index (χ3n) is 17.8. The van der Waals surface area contributed by atoms with Gasteiger partial charge in [-0.2, -0.15) is 0 Å². The van der Waals surface area contributed by atoms with E-state index in [1.165, 1.54) is 302 Å². The molecule has 0 aliphatic rings. The lowest BCUT2D eigenvalue weighted by molar-refractivity contribution is -0.870. The van der Waals surface area contributed by atoms with Crippen LogP contribution in [0.1, 0.15) is 400 Å². The number of nitrogens with zero attached hydrogens (tertiary/aromatic N) is 1. The molecule has 0 aromatic rings. The van der Waals surface area contributed by atoms with Crippen molar-refractivity contribution in [2.75, 3.05) is 40.9 Å². The van der Waals surface area contributed by atoms with Crippen LogP contribution in [0.25, 0.3) is 0 Å². The van der Waals surface area contributed by atoms with Gasteiger partial charge in [0.2, 0.25) is 5.91 Å². The summed E-state index contributed by atoms with van der Waals surface area (Å²) in [5.41, 5.74) is 0. The fraction of sp³-hybridized carbons (Fsp3) is 0.897. The zero-order chi connectivity index (χ0) is 64.2. The summed E-state index contributed by atoms with van der Waals surface area (Å²) in [4.78, 5) is 40.3. The highest BCUT2D eigenvalue weighted by atomic mass is 31.2. The quantitative estimate of drug-likeness (QED) is 0.0212. The van der Waals surface area contributed by atoms with Crippen molar-refractivity contribution in [2.45, 2.75) is 412 Å². The SMILES string of the molecule is CCCCC/C=C\C/C=C\CCCCCCCCCCCCCCCC(=O)OC(/C=C/CCCCCCCCCCCC)C(COP(=O)([O-])OCC[N+](C)(C)C)NC(=O)CCCCCCCCCCCCCCCCCCCCCCCCCCCCC. The van der Waals surface area contributed by atoms with E-state index < -0.39 is 20.0 Å². The lowest BCUT2D eigenvalue weighted by Gasteiger charge is -2.30. The zero-order valence-electron chi connectivity index (χ0n) is 59.7. The summed E-state index contributed by atoms with van der Waals surface area (Å²) < 4.78 is 30.5. The normalized spacial score (nSPS) is 13.6. The van der Waals surface area contributed by atoms with Gasteiger partial charge in [-0.3, -0.25) is 14.2 Å². The van der Waals surface area contributed by atoms with Gasteiger partial charge in [-0.25, -0.2) is 0 Å². The van der Waals surface area contributed by atoms with E-state index in [4.69, 9.17) is 13.8 Å². The van der Waals surface area contributed by atoms with E-state index in [9.17, 15) is 19.0 Å². The maximum Gasteiger partial charge on any atom is 0.306 e. The molecule has 0 aliphatic heterocycles. The molecule has 0 heterocycles. The van der Waals surface area contributed by atoms with Gasteiger partial charge < -0.3 is 28.5 Å². The topological polar surface area (TPSA) is 114 Å². The Morgan fingerprint density at radius 2 is 0.693 bits per heavy atom. The summed E-state index contributed by atoms with van der Waals surface area (Å²) >= 11 is 0. The molecule has 88 heavy (non-hydrogen) atoms. The minimum absolute atomic E-state index is 0.0190. The van der Waals surface area contributed by atoms with Crippen molar-refractivity contribution in [2.24, 2.45) is 0 Å². The smallest absolute Gasteiger partial charge is 0.306 e. The molecule has 1 amide bonds. The van der Waals surface area contributed by atoms with Crippen LogP contribution in [0.15, 0.2) is 36.5 Å². The summed E-state index contributed by atoms with van der Waals surface area (Å²) in [7, 11) is 1.21. The maximum absolute atomic E-state index is 13.6. The summed E-state index contributed by atoms with van der Waals surface area (Å²) in [5.74, 6) is -0.518. The monoisotopic (exact) mass is 1260 g/mol. The number of nitrogens with one attached hydrogen (secondary N) is 1. The third-order valence-corrected chi connectivity index (χ3v) is 18.8. The van der Waals surface area contributed by atoms with Crippen LogP contribution in [0, 0.1) is 0 Å². The van der Waals surface area contributed by atoms with E-state index in [-0.39, 0.29) is 31.5 Å². The van der Waals surface area contributed by atoms with Crippen molar-refractivity contribution in [1.29, 1.82) is 0 Å². The molecule has 0 saturated heterocycles. The van der Waals surface area contributed by atoms with Crippen LogP contribution in [0.5, 0.6) is 0 Å². The van der Waals surface area contributed by atoms with Crippen LogP contribution in [-0.2, 0) is 27.9 Å². The number of hydrogen-bond donors (Lipinski definition) is 1. The molecule has 0 aromatic carbocycles. The van der Waals surface area contributed by atoms with Crippen LogP contribution in [0.2, 0.25) is 0 Å². The van der Waals surface area contributed by atoms with Crippen LogP contribution in [0.4, 0.5) is 0 Å². The minimum atomic E-state index is -4.70. The van der Waals surface area contributed by atoms with E-state index in [1.54, 1.807) is 0 Å². The second kappa shape index (κ2) is 68.1. The minimum Gasteiger partial charge on any atom is -0.756 e. The standard InChI is InChI=1S/C78H151N2O7P/c1-7-10-13-16-19-22-25-28-30-32-34-36-38-39-40-41-43-44-46-48-50-52-55-58-61-64-67-70-77(81)79-75(74-86-88(83,84)85-73-72-80(4,5)6)76(69-66-63-60-57-54-27-24-21-18-15-12-9-3)87-78(82)71-68-65-62-59-56-53-51-49-47-45-42-37-35-33-31-29-26-23-20-17-14-11-8-2/h20,23,29,31,66,69,75-76H,7-19,21-22,24-28,30,32-65,67-68,70-74H2,1-6H3,(H-,79,81,83,84)/b23-20-,31-29-,69-66+. The first-order chi connectivity index (χ1) is 42.9. The predicted molar refractivity (Wildman–Crippen MR) is 381 cm³/mol. The van der Waals surface area contributed by atoms with Gasteiger partial charge >= 0.3 is 5.97 Å². The van der Waals surface area contributed by atoms with Gasteiger partial charge in [0, 0.05) is 12.8 Å². The molecular formula is C78H151N2O7P. The Kier molecular flexibility index (Phi) is 66.7. The lowest BCUT2D eigenvalue weighted by atomic mass is 10.0. The molecule has 0 bridgehead atoms. The molecule has 10 heteroatoms. The Morgan fingerprint density at radius 1 is 0.398 bits per heavy atom. The predicted octanol–water partition coefficient (Wildman–Crippen LogP) is 24.3. The number of ether oxygens (including phenoxy) is 1. The first kappa shape index (κ1) is 86.2. The van der Waals surface area contributed by atoms with Crippen LogP contribution < -0.4 is 10.2 Å². The van der Waals surface area contributed by atoms with Gasteiger partial charge in [0.25, 0.3) is 7.82 Å². The second-order valence-electron chi connectivity index (χ2n) is 27.9. The molecule has 0 radical (unpaired) electrons. The third kappa shape index (κ3) is 68.6. The van der Waals surface area contributed by atoms with Gasteiger partial charge in [0.15, 0.2) is 0 Å². The number of unbranched alkanes of at least 4 members (excludes halogenated alkanes) is 52. The fourth-order valence-corrected chi connectivity index (χ4v) is 12.6. The molecule has 0 fully saturated rings. The number of likely N-dealkylation sites (N-methyl/N-ethyl adjacent to an activating group) is 1. The van der Waals surface area contributed by atoms with Crippen molar-refractivity contribution >= 4 is 19.7 Å². The molecule has 0 aromatic heterocycles. The first-order valence-corrected chi connectivity index (χ1v) is 40.3. The van der Waals surface area contributed by atoms with Gasteiger partial charge in [0.05, 0.1) is 33.8 Å². The number of phosphoric ester groups is 1. The Bertz CT molecular complexity index is 1600. The zero-order valence-corrected chi connectivity index (χ0v) is 60.6. The Labute approximate surface area is 548 Å². The second-order valence-corrected chi connectivity index (χ2v) is 29.3. The summed E-state index contributed by atoms with van der Waals surface area (Å²) in [5, 5.41) is 3.06. The number of hydrogen-bond acceptors (Lipinski definition) is 7. The van der Waals surface area contributed by atoms with E-state index in [0.717, 1.165) is 64.2 Å². The average molecular weight is 1260 g/mol. The molecule has 0 rings (SSSR count). The number of rotatable bonds is 72. The van der Waals surface area contributed by atoms with E-state index >= 15 is 0 Å². The van der Waals surface area contributed by atoms with Crippen molar-refractivity contribution in [3.8, 4) is 0 Å². The maximum atomic E-state index is 13.6. The average Bonchev–Trinajstić information content (AvgIpc) is 3.71. The number of carbonyl (C=O) groups is 2. The first-order valence-electron chi connectivity index (χ1n) is 38.8. The summed E-state index contributed by atoms with van der Waals surface area (Å²) in [6.07, 6.45) is 85.7. The summed E-state index contributed by atoms with van der Waals surface area (Å²) in [6, 6.07) is -0.886. The van der Waals surface area contributed by atoms with Gasteiger partial charge in [-0.1, -0.05) is 359 Å². The number of amides is 1. The molecule has 0 spiro atoms. The number of carbonyl (C=O) groups excluding carboxylic acids is 2. The highest BCUT2D eigenvalue weighted by Crippen LogP contribution is 2.38. The Morgan fingerprint density at radius 3 is 1.05 bits per heavy atom. The molecule has 1 N–H and O–H groups in total. The van der Waals surface area contributed by atoms with Crippen molar-refractivity contribution in [1.82, 2.24) is 5.32 Å². The highest BCUT2D eigenvalue weighted by Gasteiger charge is 2.27. The molecule has 0 saturated carbocycles. The molecule has 520 valence electrons. The number of phosphoric acid groups is 1. The van der Waals surface area contributed by atoms with Crippen LogP contribution >= 0.6 is 7.82 Å². The molecule has 3 atom stereocenters. The molecular weight excluding hydrogens is 1110 g/mol.